The molecule has 5 rings (SSSR count). The fourth-order valence-corrected chi connectivity index (χ4v) is 5.94. The molecule has 1 heterocycles. The largest absolute Gasteiger partial charge is 0.497 e. The molecule has 1 N–H and O–H groups in total. The van der Waals surface area contributed by atoms with Gasteiger partial charge in [-0.1, -0.05) is 99.7 Å². The van der Waals surface area contributed by atoms with Crippen molar-refractivity contribution in [2.75, 3.05) is 7.11 Å². The van der Waals surface area contributed by atoms with Gasteiger partial charge in [-0.15, -0.1) is 0 Å². The topological polar surface area (TPSA) is 56.1 Å². The van der Waals surface area contributed by atoms with E-state index >= 15 is 0 Å². The molecular weight excluding hydrogens is 482 g/mol. The number of amides is 1. The van der Waals surface area contributed by atoms with E-state index in [0.29, 0.717) is 5.56 Å². The lowest BCUT2D eigenvalue weighted by molar-refractivity contribution is 0.0883. The summed E-state index contributed by atoms with van der Waals surface area (Å²) in [5.74, 6) is 0.773. The second kappa shape index (κ2) is 12.3. The normalized spacial score (nSPS) is 16.7. The van der Waals surface area contributed by atoms with Crippen LogP contribution in [0.2, 0.25) is 0 Å². The summed E-state index contributed by atoms with van der Waals surface area (Å²) in [6.07, 6.45) is 19.1. The molecule has 0 spiro atoms. The highest BCUT2D eigenvalue weighted by molar-refractivity contribution is 6.00. The maximum atomic E-state index is 14.6. The van der Waals surface area contributed by atoms with Crippen LogP contribution in [-0.4, -0.2) is 22.8 Å². The van der Waals surface area contributed by atoms with Gasteiger partial charge < -0.3 is 10.1 Å². The van der Waals surface area contributed by atoms with Crippen LogP contribution in [0.15, 0.2) is 85.0 Å². The Morgan fingerprint density at radius 2 is 1.79 bits per heavy atom. The van der Waals surface area contributed by atoms with Gasteiger partial charge in [-0.3, -0.25) is 4.79 Å². The number of para-hydroxylation sites is 1. The van der Waals surface area contributed by atoms with Crippen LogP contribution in [0.4, 0.5) is 0 Å². The van der Waals surface area contributed by atoms with Gasteiger partial charge in [0.15, 0.2) is 0 Å². The van der Waals surface area contributed by atoms with Crippen molar-refractivity contribution in [2.45, 2.75) is 70.3 Å². The molecule has 202 valence electrons. The standard InChI is InChI=1S/C34H39N3O2/c1-3-16-30-31(32(26-17-9-4-5-10-18-26)36-37(30)28-20-11-8-12-21-28)33(38)35-34(23-13-6-7-14-24-34)27-19-15-22-29(25-27)39-2/h4-5,8-12,15,17,19-22,25H,3,6-7,13-14,16,18,23-24H2,1-2H3,(H,35,38). The summed E-state index contributed by atoms with van der Waals surface area (Å²) in [6.45, 7) is 2.16. The van der Waals surface area contributed by atoms with E-state index in [9.17, 15) is 4.79 Å². The molecule has 3 aromatic rings. The molecule has 0 aliphatic heterocycles. The molecule has 0 bridgehead atoms. The summed E-state index contributed by atoms with van der Waals surface area (Å²) in [5, 5.41) is 8.72. The quantitative estimate of drug-likeness (QED) is 0.309. The minimum atomic E-state index is -0.449. The number of carbonyl (C=O) groups is 1. The molecule has 0 saturated heterocycles. The Labute approximate surface area is 232 Å². The van der Waals surface area contributed by atoms with Gasteiger partial charge in [-0.05, 0) is 61.1 Å². The highest BCUT2D eigenvalue weighted by Gasteiger charge is 2.37. The van der Waals surface area contributed by atoms with Crippen molar-refractivity contribution < 1.29 is 9.53 Å². The van der Waals surface area contributed by atoms with E-state index in [0.717, 1.165) is 78.9 Å². The Hall–Kier alpha value is -3.86. The highest BCUT2D eigenvalue weighted by atomic mass is 16.5. The molecule has 5 nitrogen and oxygen atoms in total. The minimum absolute atomic E-state index is 0.0431. The smallest absolute Gasteiger partial charge is 0.256 e. The first-order valence-corrected chi connectivity index (χ1v) is 14.3. The summed E-state index contributed by atoms with van der Waals surface area (Å²) in [7, 11) is 1.70. The molecule has 1 aromatic heterocycles. The SMILES string of the molecule is CCCc1c(C(=O)NC2(c3cccc(OC)c3)CCCCCC2)c(C2=CC=CC=CC2)nn1-c1ccccc1. The maximum absolute atomic E-state index is 14.6. The predicted molar refractivity (Wildman–Crippen MR) is 158 cm³/mol. The van der Waals surface area contributed by atoms with E-state index in [4.69, 9.17) is 9.84 Å². The fraction of sp³-hybridized carbons (Fsp3) is 0.353. The van der Waals surface area contributed by atoms with E-state index in [1.54, 1.807) is 7.11 Å². The molecule has 5 heteroatoms. The first-order chi connectivity index (χ1) is 19.1. The first kappa shape index (κ1) is 26.7. The lowest BCUT2D eigenvalue weighted by Crippen LogP contribution is -2.46. The van der Waals surface area contributed by atoms with E-state index < -0.39 is 5.54 Å². The number of rotatable bonds is 8. The maximum Gasteiger partial charge on any atom is 0.256 e. The number of carbonyl (C=O) groups excluding carboxylic acids is 1. The number of allylic oxidation sites excluding steroid dienone is 6. The third-order valence-corrected chi connectivity index (χ3v) is 7.93. The Balaban J connectivity index is 1.65. The van der Waals surface area contributed by atoms with Crippen molar-refractivity contribution in [3.8, 4) is 11.4 Å². The summed E-state index contributed by atoms with van der Waals surface area (Å²) < 4.78 is 7.56. The van der Waals surface area contributed by atoms with Gasteiger partial charge in [0.2, 0.25) is 0 Å². The number of aromatic nitrogens is 2. The number of ether oxygens (including phenoxy) is 1. The summed E-state index contributed by atoms with van der Waals surface area (Å²) in [4.78, 5) is 14.6. The fourth-order valence-electron chi connectivity index (χ4n) is 5.94. The Bertz CT molecular complexity index is 1370. The van der Waals surface area contributed by atoms with Crippen LogP contribution in [0.5, 0.6) is 5.75 Å². The van der Waals surface area contributed by atoms with Gasteiger partial charge in [-0.25, -0.2) is 4.68 Å². The minimum Gasteiger partial charge on any atom is -0.497 e. The van der Waals surface area contributed by atoms with Crippen LogP contribution in [0.25, 0.3) is 11.3 Å². The zero-order chi connectivity index (χ0) is 27.1. The Kier molecular flexibility index (Phi) is 8.45. The zero-order valence-electron chi connectivity index (χ0n) is 23.2. The third-order valence-electron chi connectivity index (χ3n) is 7.93. The van der Waals surface area contributed by atoms with E-state index in [1.807, 2.05) is 53.2 Å². The summed E-state index contributed by atoms with van der Waals surface area (Å²) in [5.41, 5.74) is 5.11. The molecule has 2 aromatic carbocycles. The second-order valence-electron chi connectivity index (χ2n) is 10.6. The molecule has 2 aliphatic carbocycles. The first-order valence-electron chi connectivity index (χ1n) is 14.3. The summed E-state index contributed by atoms with van der Waals surface area (Å²) in [6, 6.07) is 18.4. The molecule has 1 saturated carbocycles. The Morgan fingerprint density at radius 1 is 1.00 bits per heavy atom. The summed E-state index contributed by atoms with van der Waals surface area (Å²) >= 11 is 0. The van der Waals surface area contributed by atoms with Gasteiger partial charge in [0.25, 0.3) is 5.91 Å². The van der Waals surface area contributed by atoms with Crippen molar-refractivity contribution in [3.63, 3.8) is 0 Å². The van der Waals surface area contributed by atoms with Crippen molar-refractivity contribution in [1.29, 1.82) is 0 Å². The highest BCUT2D eigenvalue weighted by Crippen LogP contribution is 2.38. The van der Waals surface area contributed by atoms with Crippen molar-refractivity contribution >= 4 is 11.5 Å². The van der Waals surface area contributed by atoms with E-state index in [2.05, 4.69) is 48.7 Å². The molecule has 0 radical (unpaired) electrons. The molecule has 39 heavy (non-hydrogen) atoms. The lowest BCUT2D eigenvalue weighted by Gasteiger charge is -2.35. The van der Waals surface area contributed by atoms with E-state index in [-0.39, 0.29) is 5.91 Å². The second-order valence-corrected chi connectivity index (χ2v) is 10.6. The molecular formula is C34H39N3O2. The van der Waals surface area contributed by atoms with Crippen LogP contribution in [0.3, 0.4) is 0 Å². The average molecular weight is 522 g/mol. The number of nitrogens with zero attached hydrogens (tertiary/aromatic N) is 2. The number of benzene rings is 2. The van der Waals surface area contributed by atoms with Gasteiger partial charge in [0.05, 0.1) is 29.6 Å². The lowest BCUT2D eigenvalue weighted by atomic mass is 9.82. The van der Waals surface area contributed by atoms with Crippen molar-refractivity contribution in [2.24, 2.45) is 0 Å². The molecule has 1 amide bonds. The van der Waals surface area contributed by atoms with Gasteiger partial charge >= 0.3 is 0 Å². The van der Waals surface area contributed by atoms with Crippen molar-refractivity contribution in [3.05, 3.63) is 107 Å². The number of hydrogen-bond acceptors (Lipinski definition) is 3. The molecule has 0 atom stereocenters. The number of methoxy groups -OCH3 is 1. The number of nitrogens with one attached hydrogen (secondary N) is 1. The predicted octanol–water partition coefficient (Wildman–Crippen LogP) is 7.71. The molecule has 1 fully saturated rings. The van der Waals surface area contributed by atoms with Crippen LogP contribution in [0, 0.1) is 0 Å². The molecule has 2 aliphatic rings. The van der Waals surface area contributed by atoms with Crippen LogP contribution < -0.4 is 10.1 Å². The van der Waals surface area contributed by atoms with Gasteiger partial charge in [0.1, 0.15) is 11.4 Å². The van der Waals surface area contributed by atoms with Gasteiger partial charge in [-0.2, -0.15) is 5.10 Å². The average Bonchev–Trinajstić information content (AvgIpc) is 3.15. The van der Waals surface area contributed by atoms with Crippen LogP contribution >= 0.6 is 0 Å². The van der Waals surface area contributed by atoms with Gasteiger partial charge in [0, 0.05) is 0 Å². The Morgan fingerprint density at radius 3 is 2.54 bits per heavy atom. The molecule has 0 unspecified atom stereocenters. The number of hydrogen-bond donors (Lipinski definition) is 1. The third kappa shape index (κ3) is 5.78. The van der Waals surface area contributed by atoms with Crippen molar-refractivity contribution in [1.82, 2.24) is 15.1 Å². The monoisotopic (exact) mass is 521 g/mol. The zero-order valence-corrected chi connectivity index (χ0v) is 23.2. The van der Waals surface area contributed by atoms with E-state index in [1.165, 1.54) is 12.8 Å². The van der Waals surface area contributed by atoms with Crippen LogP contribution in [0.1, 0.15) is 85.6 Å². The van der Waals surface area contributed by atoms with Crippen LogP contribution in [-0.2, 0) is 12.0 Å².